The lowest BCUT2D eigenvalue weighted by Crippen LogP contribution is -2.55. The molecule has 0 spiro atoms. The van der Waals surface area contributed by atoms with Crippen molar-refractivity contribution < 1.29 is 13.6 Å². The van der Waals surface area contributed by atoms with Crippen LogP contribution in [0.4, 0.5) is 8.78 Å². The zero-order valence-electron chi connectivity index (χ0n) is 10.3. The van der Waals surface area contributed by atoms with Crippen LogP contribution in [0, 0.1) is 17.0 Å². The van der Waals surface area contributed by atoms with Crippen molar-refractivity contribution in [3.8, 4) is 0 Å². The van der Waals surface area contributed by atoms with Crippen molar-refractivity contribution in [3.05, 3.63) is 35.4 Å². The maximum Gasteiger partial charge on any atom is 0.227 e. The fraction of sp³-hybridized carbons (Fsp3) is 0.462. The molecule has 5 heteroatoms. The Morgan fingerprint density at radius 2 is 1.83 bits per heavy atom. The first-order chi connectivity index (χ1) is 8.30. The number of nitrogens with one attached hydrogen (secondary N) is 1. The van der Waals surface area contributed by atoms with Gasteiger partial charge in [0, 0.05) is 12.1 Å². The first-order valence-electron chi connectivity index (χ1n) is 5.83. The van der Waals surface area contributed by atoms with Gasteiger partial charge >= 0.3 is 0 Å². The van der Waals surface area contributed by atoms with Crippen molar-refractivity contribution in [1.29, 1.82) is 0 Å². The van der Waals surface area contributed by atoms with Gasteiger partial charge in [0.2, 0.25) is 5.91 Å². The fourth-order valence-corrected chi connectivity index (χ4v) is 2.12. The second-order valence-corrected chi connectivity index (χ2v) is 5.29. The molecule has 1 aliphatic rings. The van der Waals surface area contributed by atoms with Crippen LogP contribution < -0.4 is 11.1 Å². The van der Waals surface area contributed by atoms with Crippen molar-refractivity contribution in [2.75, 3.05) is 0 Å². The summed E-state index contributed by atoms with van der Waals surface area (Å²) in [6.07, 6.45) is 0.460. The third-order valence-corrected chi connectivity index (χ3v) is 3.59. The zero-order chi connectivity index (χ0) is 13.5. The van der Waals surface area contributed by atoms with Crippen LogP contribution in [0.1, 0.15) is 31.9 Å². The molecule has 1 heterocycles. The molecule has 0 saturated carbocycles. The van der Waals surface area contributed by atoms with Crippen molar-refractivity contribution in [2.24, 2.45) is 11.1 Å². The standard InChI is InChI=1S/C13H16F2N2O/c1-13(2)11(16)6-10(17-12(13)18)7-3-8(14)5-9(15)4-7/h3-5,10-11H,6,16H2,1-2H3,(H,17,18)/t10-,11+/m0/s1. The molecule has 1 fully saturated rings. The molecule has 3 nitrogen and oxygen atoms in total. The number of rotatable bonds is 1. The summed E-state index contributed by atoms with van der Waals surface area (Å²) in [4.78, 5) is 11.9. The number of benzene rings is 1. The quantitative estimate of drug-likeness (QED) is 0.804. The highest BCUT2D eigenvalue weighted by Crippen LogP contribution is 2.33. The number of amides is 1. The van der Waals surface area contributed by atoms with Crippen LogP contribution in [0.5, 0.6) is 0 Å². The summed E-state index contributed by atoms with van der Waals surface area (Å²) in [7, 11) is 0. The lowest BCUT2D eigenvalue weighted by atomic mass is 9.76. The molecule has 2 rings (SSSR count). The molecule has 0 aliphatic carbocycles. The Bertz CT molecular complexity index is 468. The number of hydrogen-bond donors (Lipinski definition) is 2. The van der Waals surface area contributed by atoms with Gasteiger partial charge in [0.1, 0.15) is 11.6 Å². The summed E-state index contributed by atoms with van der Waals surface area (Å²) >= 11 is 0. The van der Waals surface area contributed by atoms with E-state index in [-0.39, 0.29) is 11.9 Å². The van der Waals surface area contributed by atoms with Gasteiger partial charge in [-0.15, -0.1) is 0 Å². The van der Waals surface area contributed by atoms with E-state index in [4.69, 9.17) is 5.73 Å². The minimum Gasteiger partial charge on any atom is -0.349 e. The van der Waals surface area contributed by atoms with Crippen LogP contribution in [-0.4, -0.2) is 11.9 Å². The van der Waals surface area contributed by atoms with Gasteiger partial charge in [-0.2, -0.15) is 0 Å². The van der Waals surface area contributed by atoms with E-state index < -0.39 is 23.1 Å². The topological polar surface area (TPSA) is 55.1 Å². The number of halogens is 2. The Morgan fingerprint density at radius 3 is 2.33 bits per heavy atom. The van der Waals surface area contributed by atoms with Crippen LogP contribution in [0.3, 0.4) is 0 Å². The first-order valence-corrected chi connectivity index (χ1v) is 5.83. The van der Waals surface area contributed by atoms with Gasteiger partial charge in [0.15, 0.2) is 0 Å². The lowest BCUT2D eigenvalue weighted by molar-refractivity contribution is -0.134. The molecule has 1 saturated heterocycles. The molecule has 0 aromatic heterocycles. The highest BCUT2D eigenvalue weighted by molar-refractivity contribution is 5.84. The zero-order valence-corrected chi connectivity index (χ0v) is 10.3. The average Bonchev–Trinajstić information content (AvgIpc) is 2.24. The molecular formula is C13H16F2N2O. The number of hydrogen-bond acceptors (Lipinski definition) is 2. The van der Waals surface area contributed by atoms with Crippen molar-refractivity contribution >= 4 is 5.91 Å². The summed E-state index contributed by atoms with van der Waals surface area (Å²) in [6.45, 7) is 3.52. The number of piperidine rings is 1. The average molecular weight is 254 g/mol. The molecule has 2 atom stereocenters. The summed E-state index contributed by atoms with van der Waals surface area (Å²) < 4.78 is 26.3. The van der Waals surface area contributed by atoms with E-state index in [9.17, 15) is 13.6 Å². The minimum absolute atomic E-state index is 0.198. The lowest BCUT2D eigenvalue weighted by Gasteiger charge is -2.39. The van der Waals surface area contributed by atoms with Gasteiger partial charge in [-0.1, -0.05) is 0 Å². The molecule has 0 unspecified atom stereocenters. The van der Waals surface area contributed by atoms with Crippen LogP contribution in [-0.2, 0) is 4.79 Å². The van der Waals surface area contributed by atoms with E-state index >= 15 is 0 Å². The molecule has 98 valence electrons. The van der Waals surface area contributed by atoms with E-state index in [2.05, 4.69) is 5.32 Å². The maximum absolute atomic E-state index is 13.1. The molecule has 1 aliphatic heterocycles. The molecule has 1 amide bonds. The van der Waals surface area contributed by atoms with Gasteiger partial charge in [0.05, 0.1) is 11.5 Å². The van der Waals surface area contributed by atoms with Gasteiger partial charge in [-0.05, 0) is 38.0 Å². The molecule has 1 aromatic rings. The molecule has 18 heavy (non-hydrogen) atoms. The third-order valence-electron chi connectivity index (χ3n) is 3.59. The smallest absolute Gasteiger partial charge is 0.227 e. The Kier molecular flexibility index (Phi) is 3.11. The maximum atomic E-state index is 13.1. The molecular weight excluding hydrogens is 238 g/mol. The number of nitrogens with two attached hydrogens (primary N) is 1. The SMILES string of the molecule is CC1(C)C(=O)N[C@H](c2cc(F)cc(F)c2)C[C@H]1N. The minimum atomic E-state index is -0.664. The normalized spacial score (nSPS) is 26.8. The largest absolute Gasteiger partial charge is 0.349 e. The van der Waals surface area contributed by atoms with E-state index in [1.165, 1.54) is 12.1 Å². The summed E-state index contributed by atoms with van der Waals surface area (Å²) in [5.41, 5.74) is 5.70. The predicted molar refractivity (Wildman–Crippen MR) is 63.6 cm³/mol. The molecule has 0 bridgehead atoms. The fourth-order valence-electron chi connectivity index (χ4n) is 2.12. The van der Waals surface area contributed by atoms with E-state index in [0.717, 1.165) is 6.07 Å². The van der Waals surface area contributed by atoms with Gasteiger partial charge < -0.3 is 11.1 Å². The van der Waals surface area contributed by atoms with Crippen molar-refractivity contribution in [1.82, 2.24) is 5.32 Å². The van der Waals surface area contributed by atoms with E-state index in [0.29, 0.717) is 12.0 Å². The van der Waals surface area contributed by atoms with Gasteiger partial charge in [0.25, 0.3) is 0 Å². The van der Waals surface area contributed by atoms with Crippen molar-refractivity contribution in [3.63, 3.8) is 0 Å². The summed E-state index contributed by atoms with van der Waals surface area (Å²) in [6, 6.07) is 2.46. The molecule has 1 aromatic carbocycles. The van der Waals surface area contributed by atoms with Crippen LogP contribution >= 0.6 is 0 Å². The van der Waals surface area contributed by atoms with E-state index in [1.54, 1.807) is 13.8 Å². The monoisotopic (exact) mass is 254 g/mol. The predicted octanol–water partition coefficient (Wildman–Crippen LogP) is 1.88. The third kappa shape index (κ3) is 2.22. The van der Waals surface area contributed by atoms with E-state index in [1.807, 2.05) is 0 Å². The Labute approximate surface area is 104 Å². The summed E-state index contributed by atoms with van der Waals surface area (Å²) in [5.74, 6) is -1.51. The van der Waals surface area contributed by atoms with Crippen LogP contribution in [0.2, 0.25) is 0 Å². The Hall–Kier alpha value is -1.49. The second kappa shape index (κ2) is 4.31. The number of carbonyl (C=O) groups excluding carboxylic acids is 1. The van der Waals surface area contributed by atoms with Gasteiger partial charge in [-0.25, -0.2) is 8.78 Å². The number of carbonyl (C=O) groups is 1. The van der Waals surface area contributed by atoms with Crippen molar-refractivity contribution in [2.45, 2.75) is 32.4 Å². The highest BCUT2D eigenvalue weighted by Gasteiger charge is 2.41. The Morgan fingerprint density at radius 1 is 1.28 bits per heavy atom. The Balaban J connectivity index is 2.28. The van der Waals surface area contributed by atoms with Crippen LogP contribution in [0.25, 0.3) is 0 Å². The van der Waals surface area contributed by atoms with Crippen LogP contribution in [0.15, 0.2) is 18.2 Å². The molecule has 3 N–H and O–H groups in total. The first kappa shape index (κ1) is 13.0. The highest BCUT2D eigenvalue weighted by atomic mass is 19.1. The summed E-state index contributed by atoms with van der Waals surface area (Å²) in [5, 5.41) is 2.76. The second-order valence-electron chi connectivity index (χ2n) is 5.29. The van der Waals surface area contributed by atoms with Gasteiger partial charge in [-0.3, -0.25) is 4.79 Å². The molecule has 0 radical (unpaired) electrons.